The Bertz CT molecular complexity index is 872. The van der Waals surface area contributed by atoms with Gasteiger partial charge in [-0.25, -0.2) is 0 Å². The Labute approximate surface area is 233 Å². The first-order valence-corrected chi connectivity index (χ1v) is 14.2. The minimum absolute atomic E-state index is 0.171. The van der Waals surface area contributed by atoms with Gasteiger partial charge < -0.3 is 34.1 Å². The topological polar surface area (TPSA) is 153 Å². The van der Waals surface area contributed by atoms with Gasteiger partial charge in [0.1, 0.15) is 18.4 Å². The third-order valence-electron chi connectivity index (χ3n) is 5.85. The molecule has 2 saturated heterocycles. The summed E-state index contributed by atoms with van der Waals surface area (Å²) in [4.78, 5) is 11.7. The standard InChI is InChI=1S/C17H32BNO7P.C6H6O.C3H8O2/c1-11(2)23-15(20)12(3)19-27(21)22-10-13-8-9-14(24-13)18-25-16(4,5)17(6,7)26-18;7-6-4-2-1-3-5-6;1-3(2,4)5/h11-14H,8-10H2,1-7H3,(H,19,21);1-5,7H;4-5H,1-2H3/q+1;;/t12-,13?,14?;;/m0../s1. The first kappa shape index (κ1) is 35.4. The molecule has 0 spiro atoms. The summed E-state index contributed by atoms with van der Waals surface area (Å²) in [6, 6.07) is 7.83. The molecule has 0 aromatic heterocycles. The lowest BCUT2D eigenvalue weighted by atomic mass is 9.79. The molecule has 0 saturated carbocycles. The van der Waals surface area contributed by atoms with E-state index in [9.17, 15) is 9.36 Å². The first-order valence-electron chi connectivity index (χ1n) is 13.1. The largest absolute Gasteiger partial charge is 0.613 e. The Kier molecular flexibility index (Phi) is 14.0. The molecular formula is C26H46BNO10P+. The molecule has 13 heteroatoms. The molecule has 2 aliphatic heterocycles. The molecule has 2 fully saturated rings. The highest BCUT2D eigenvalue weighted by molar-refractivity contribution is 7.36. The maximum Gasteiger partial charge on any atom is 0.613 e. The van der Waals surface area contributed by atoms with Crippen molar-refractivity contribution in [3.63, 3.8) is 0 Å². The normalized spacial score (nSPS) is 22.8. The molecule has 39 heavy (non-hydrogen) atoms. The van der Waals surface area contributed by atoms with Crippen LogP contribution in [-0.4, -0.2) is 76.3 Å². The molecule has 0 bridgehead atoms. The second-order valence-corrected chi connectivity index (χ2v) is 12.2. The van der Waals surface area contributed by atoms with Crippen LogP contribution in [0.3, 0.4) is 0 Å². The van der Waals surface area contributed by atoms with Crippen molar-refractivity contribution in [3.8, 4) is 5.75 Å². The van der Waals surface area contributed by atoms with Gasteiger partial charge in [0.2, 0.25) is 0 Å². The molecule has 2 aliphatic rings. The summed E-state index contributed by atoms with van der Waals surface area (Å²) >= 11 is 0. The monoisotopic (exact) mass is 574 g/mol. The smallest absolute Gasteiger partial charge is 0.508 e. The highest BCUT2D eigenvalue weighted by Crippen LogP contribution is 2.40. The van der Waals surface area contributed by atoms with Crippen LogP contribution in [0.25, 0.3) is 0 Å². The fourth-order valence-corrected chi connectivity index (χ4v) is 4.06. The Hall–Kier alpha value is -1.63. The highest BCUT2D eigenvalue weighted by atomic mass is 31.1. The van der Waals surface area contributed by atoms with Gasteiger partial charge in [-0.1, -0.05) is 23.3 Å². The van der Waals surface area contributed by atoms with E-state index < -0.39 is 44.3 Å². The van der Waals surface area contributed by atoms with Crippen LogP contribution in [0.15, 0.2) is 30.3 Å². The molecule has 1 aromatic rings. The minimum Gasteiger partial charge on any atom is -0.508 e. The highest BCUT2D eigenvalue weighted by Gasteiger charge is 2.55. The summed E-state index contributed by atoms with van der Waals surface area (Å²) in [7, 11) is -2.61. The number of rotatable bonds is 8. The van der Waals surface area contributed by atoms with Gasteiger partial charge in [0.15, 0.2) is 5.79 Å². The number of benzene rings is 1. The van der Waals surface area contributed by atoms with Crippen molar-refractivity contribution in [2.24, 2.45) is 0 Å². The van der Waals surface area contributed by atoms with E-state index in [-0.39, 0.29) is 24.8 Å². The van der Waals surface area contributed by atoms with Gasteiger partial charge in [0, 0.05) is 0 Å². The molecule has 1 aromatic carbocycles. The molecule has 3 unspecified atom stereocenters. The van der Waals surface area contributed by atoms with E-state index in [4.69, 9.17) is 38.6 Å². The molecule has 222 valence electrons. The molecule has 0 radical (unpaired) electrons. The molecular weight excluding hydrogens is 528 g/mol. The molecule has 11 nitrogen and oxygen atoms in total. The van der Waals surface area contributed by atoms with Crippen LogP contribution in [0, 0.1) is 0 Å². The SMILES string of the molecule is CC(C)(O)O.CC(C)OC(=O)[C@H](C)N[P+](=O)OCC1CCC(B2OC(C)(C)C(C)(C)O2)O1.Oc1ccccc1. The summed E-state index contributed by atoms with van der Waals surface area (Å²) in [5.74, 6) is -1.64. The van der Waals surface area contributed by atoms with E-state index in [1.165, 1.54) is 13.8 Å². The molecule has 0 amide bonds. The van der Waals surface area contributed by atoms with Crippen LogP contribution in [-0.2, 0) is 32.7 Å². The van der Waals surface area contributed by atoms with E-state index in [2.05, 4.69) is 5.09 Å². The van der Waals surface area contributed by atoms with Crippen LogP contribution in [0.1, 0.15) is 75.2 Å². The van der Waals surface area contributed by atoms with Crippen LogP contribution in [0.2, 0.25) is 0 Å². The van der Waals surface area contributed by atoms with Gasteiger partial charge in [-0.15, -0.1) is 4.52 Å². The van der Waals surface area contributed by atoms with E-state index in [1.807, 2.05) is 33.8 Å². The Morgan fingerprint density at radius 2 is 1.62 bits per heavy atom. The number of ether oxygens (including phenoxy) is 2. The van der Waals surface area contributed by atoms with Gasteiger partial charge >= 0.3 is 21.3 Å². The van der Waals surface area contributed by atoms with E-state index >= 15 is 0 Å². The number of aromatic hydroxyl groups is 1. The van der Waals surface area contributed by atoms with Gasteiger partial charge in [-0.2, -0.15) is 0 Å². The van der Waals surface area contributed by atoms with E-state index in [0.29, 0.717) is 5.75 Å². The van der Waals surface area contributed by atoms with E-state index in [0.717, 1.165) is 12.8 Å². The van der Waals surface area contributed by atoms with Crippen molar-refractivity contribution < 1.29 is 48.0 Å². The van der Waals surface area contributed by atoms with E-state index in [1.54, 1.807) is 45.0 Å². The lowest BCUT2D eigenvalue weighted by Gasteiger charge is -2.32. The molecule has 2 heterocycles. The zero-order chi connectivity index (χ0) is 30.0. The number of carbonyl (C=O) groups is 1. The van der Waals surface area contributed by atoms with Crippen LogP contribution in [0.4, 0.5) is 0 Å². The average Bonchev–Trinajstić information content (AvgIpc) is 3.33. The Morgan fingerprint density at radius 1 is 1.10 bits per heavy atom. The lowest BCUT2D eigenvalue weighted by molar-refractivity contribution is -0.149. The maximum absolute atomic E-state index is 12.0. The second kappa shape index (κ2) is 15.4. The summed E-state index contributed by atoms with van der Waals surface area (Å²) in [5, 5.41) is 27.4. The summed E-state index contributed by atoms with van der Waals surface area (Å²) in [6.45, 7) is 15.9. The van der Waals surface area contributed by atoms with Crippen LogP contribution in [0.5, 0.6) is 5.75 Å². The van der Waals surface area contributed by atoms with Crippen molar-refractivity contribution >= 4 is 21.3 Å². The summed E-state index contributed by atoms with van der Waals surface area (Å²) < 4.78 is 40.4. The quantitative estimate of drug-likeness (QED) is 0.155. The Balaban J connectivity index is 0.000000521. The summed E-state index contributed by atoms with van der Waals surface area (Å²) in [5.41, 5.74) is -0.798. The maximum atomic E-state index is 12.0. The number of hydrogen-bond donors (Lipinski definition) is 4. The first-order chi connectivity index (χ1) is 17.8. The van der Waals surface area contributed by atoms with Gasteiger partial charge in [-0.3, -0.25) is 4.79 Å². The predicted molar refractivity (Wildman–Crippen MR) is 148 cm³/mol. The second-order valence-electron chi connectivity index (χ2n) is 11.2. The Morgan fingerprint density at radius 3 is 2.05 bits per heavy atom. The average molecular weight is 574 g/mol. The van der Waals surface area contributed by atoms with Crippen molar-refractivity contribution in [1.82, 2.24) is 5.09 Å². The third-order valence-corrected chi connectivity index (χ3v) is 6.84. The predicted octanol–water partition coefficient (Wildman–Crippen LogP) is 3.87. The van der Waals surface area contributed by atoms with Crippen LogP contribution >= 0.6 is 8.18 Å². The minimum atomic E-state index is -2.19. The third kappa shape index (κ3) is 14.0. The van der Waals surface area contributed by atoms with Crippen LogP contribution < -0.4 is 5.09 Å². The number of phenolic OH excluding ortho intramolecular Hbond substituents is 1. The molecule has 0 aliphatic carbocycles. The summed E-state index contributed by atoms with van der Waals surface area (Å²) in [6.07, 6.45) is 1.14. The number of aliphatic hydroxyl groups is 2. The molecule has 3 rings (SSSR count). The fraction of sp³-hybridized carbons (Fsp3) is 0.731. The number of carbonyl (C=O) groups excluding carboxylic acids is 1. The fourth-order valence-electron chi connectivity index (χ4n) is 3.26. The zero-order valence-electron chi connectivity index (χ0n) is 24.5. The number of phenols is 1. The van der Waals surface area contributed by atoms with Gasteiger partial charge in [-0.05, 0) is 91.9 Å². The number of hydrogen-bond acceptors (Lipinski definition) is 10. The van der Waals surface area contributed by atoms with Crippen molar-refractivity contribution in [2.75, 3.05) is 6.61 Å². The zero-order valence-corrected chi connectivity index (χ0v) is 25.4. The van der Waals surface area contributed by atoms with Gasteiger partial charge in [0.05, 0.1) is 29.4 Å². The lowest BCUT2D eigenvalue weighted by Crippen LogP contribution is -2.41. The van der Waals surface area contributed by atoms with Crippen molar-refractivity contribution in [3.05, 3.63) is 30.3 Å². The number of para-hydroxylation sites is 1. The van der Waals surface area contributed by atoms with Gasteiger partial charge in [0.25, 0.3) is 0 Å². The molecule has 4 atom stereocenters. The van der Waals surface area contributed by atoms with Crippen molar-refractivity contribution in [1.29, 1.82) is 0 Å². The van der Waals surface area contributed by atoms with Crippen molar-refractivity contribution in [2.45, 2.75) is 116 Å². The number of nitrogens with one attached hydrogen (secondary N) is 1. The number of esters is 1. The molecule has 4 N–H and O–H groups in total.